The summed E-state index contributed by atoms with van der Waals surface area (Å²) in [4.78, 5) is 13.9. The number of aromatic amines is 1. The predicted molar refractivity (Wildman–Crippen MR) is 127 cm³/mol. The number of H-pyrrole nitrogens is 1. The molecule has 0 radical (unpaired) electrons. The standard InChI is InChI=1S/C21H31N7.HI/c1-22-21(27-12-9-18(10-13-27)20-24-16-25-26-20)23-14-19-8-5-11-28(19)15-17-6-3-2-4-7-17;/h2-4,6-7,16,18-19H,5,8-15H2,1H3,(H,22,23)(H,24,25,26);1H. The van der Waals surface area contributed by atoms with Crippen LogP contribution in [0.5, 0.6) is 0 Å². The molecule has 1 aromatic carbocycles. The number of nitrogens with one attached hydrogen (secondary N) is 2. The fourth-order valence-electron chi connectivity index (χ4n) is 4.47. The van der Waals surface area contributed by atoms with E-state index < -0.39 is 0 Å². The normalized spacial score (nSPS) is 21.2. The first-order valence-corrected chi connectivity index (χ1v) is 10.4. The van der Waals surface area contributed by atoms with Gasteiger partial charge in [0, 0.05) is 45.2 Å². The molecule has 1 unspecified atom stereocenters. The van der Waals surface area contributed by atoms with Crippen molar-refractivity contribution in [1.29, 1.82) is 0 Å². The lowest BCUT2D eigenvalue weighted by atomic mass is 9.96. The van der Waals surface area contributed by atoms with Crippen LogP contribution in [0.25, 0.3) is 0 Å². The minimum absolute atomic E-state index is 0. The highest BCUT2D eigenvalue weighted by Crippen LogP contribution is 2.25. The second-order valence-corrected chi connectivity index (χ2v) is 7.81. The van der Waals surface area contributed by atoms with Crippen LogP contribution in [-0.4, -0.2) is 70.2 Å². The van der Waals surface area contributed by atoms with E-state index in [9.17, 15) is 0 Å². The molecule has 29 heavy (non-hydrogen) atoms. The van der Waals surface area contributed by atoms with Gasteiger partial charge in [-0.2, -0.15) is 5.10 Å². The van der Waals surface area contributed by atoms with Crippen LogP contribution in [-0.2, 0) is 6.54 Å². The van der Waals surface area contributed by atoms with Crippen LogP contribution in [0.1, 0.15) is 43.0 Å². The maximum absolute atomic E-state index is 4.55. The van der Waals surface area contributed by atoms with Gasteiger partial charge in [-0.1, -0.05) is 30.3 Å². The molecule has 158 valence electrons. The largest absolute Gasteiger partial charge is 0.355 e. The number of aliphatic imine (C=N–C) groups is 1. The van der Waals surface area contributed by atoms with E-state index >= 15 is 0 Å². The third-order valence-corrected chi connectivity index (χ3v) is 6.05. The van der Waals surface area contributed by atoms with E-state index in [2.05, 4.69) is 65.6 Å². The Hall–Kier alpha value is -1.68. The lowest BCUT2D eigenvalue weighted by molar-refractivity contribution is 0.240. The highest BCUT2D eigenvalue weighted by molar-refractivity contribution is 14.0. The number of nitrogens with zero attached hydrogens (tertiary/aromatic N) is 5. The van der Waals surface area contributed by atoms with Crippen LogP contribution in [0.3, 0.4) is 0 Å². The monoisotopic (exact) mass is 509 g/mol. The molecule has 0 amide bonds. The first-order chi connectivity index (χ1) is 13.8. The van der Waals surface area contributed by atoms with E-state index in [1.54, 1.807) is 6.33 Å². The molecule has 0 saturated carbocycles. The highest BCUT2D eigenvalue weighted by Gasteiger charge is 2.27. The number of benzene rings is 1. The molecule has 8 heteroatoms. The van der Waals surface area contributed by atoms with E-state index in [1.165, 1.54) is 24.9 Å². The van der Waals surface area contributed by atoms with Crippen LogP contribution in [0.15, 0.2) is 41.7 Å². The summed E-state index contributed by atoms with van der Waals surface area (Å²) < 4.78 is 0. The van der Waals surface area contributed by atoms with Crippen LogP contribution in [0, 0.1) is 0 Å². The summed E-state index contributed by atoms with van der Waals surface area (Å²) in [6.07, 6.45) is 6.30. The molecule has 2 aromatic rings. The van der Waals surface area contributed by atoms with Crippen LogP contribution in [0.4, 0.5) is 0 Å². The van der Waals surface area contributed by atoms with Gasteiger partial charge in [0.05, 0.1) is 0 Å². The number of guanidine groups is 1. The maximum Gasteiger partial charge on any atom is 0.193 e. The molecule has 2 saturated heterocycles. The Kier molecular flexibility index (Phi) is 8.29. The Labute approximate surface area is 190 Å². The van der Waals surface area contributed by atoms with Crippen LogP contribution < -0.4 is 5.32 Å². The number of rotatable bonds is 5. The summed E-state index contributed by atoms with van der Waals surface area (Å²) in [6.45, 7) is 5.19. The number of halogens is 1. The molecule has 1 atom stereocenters. The number of piperidine rings is 1. The lowest BCUT2D eigenvalue weighted by Gasteiger charge is -2.34. The summed E-state index contributed by atoms with van der Waals surface area (Å²) in [5, 5.41) is 10.7. The first-order valence-electron chi connectivity index (χ1n) is 10.4. The Bertz CT molecular complexity index is 742. The molecule has 2 aliphatic heterocycles. The third-order valence-electron chi connectivity index (χ3n) is 6.05. The van der Waals surface area contributed by atoms with Gasteiger partial charge in [0.15, 0.2) is 5.96 Å². The average molecular weight is 509 g/mol. The number of aromatic nitrogens is 3. The number of hydrogen-bond acceptors (Lipinski definition) is 4. The van der Waals surface area contributed by atoms with Crippen molar-refractivity contribution in [3.05, 3.63) is 48.0 Å². The van der Waals surface area contributed by atoms with E-state index in [-0.39, 0.29) is 24.0 Å². The molecule has 2 N–H and O–H groups in total. The van der Waals surface area contributed by atoms with Gasteiger partial charge in [-0.25, -0.2) is 4.98 Å². The van der Waals surface area contributed by atoms with E-state index in [4.69, 9.17) is 0 Å². The second kappa shape index (κ2) is 10.9. The predicted octanol–water partition coefficient (Wildman–Crippen LogP) is 2.84. The van der Waals surface area contributed by atoms with Crippen molar-refractivity contribution in [3.63, 3.8) is 0 Å². The molecule has 7 nitrogen and oxygen atoms in total. The van der Waals surface area contributed by atoms with Gasteiger partial charge >= 0.3 is 0 Å². The summed E-state index contributed by atoms with van der Waals surface area (Å²) in [7, 11) is 1.89. The molecule has 2 fully saturated rings. The summed E-state index contributed by atoms with van der Waals surface area (Å²) in [6, 6.07) is 11.4. The zero-order valence-electron chi connectivity index (χ0n) is 17.1. The van der Waals surface area contributed by atoms with Crippen molar-refractivity contribution in [3.8, 4) is 0 Å². The van der Waals surface area contributed by atoms with Crippen molar-refractivity contribution >= 4 is 29.9 Å². The van der Waals surface area contributed by atoms with Crippen molar-refractivity contribution in [1.82, 2.24) is 30.3 Å². The van der Waals surface area contributed by atoms with Gasteiger partial charge in [-0.15, -0.1) is 24.0 Å². The maximum atomic E-state index is 4.55. The van der Waals surface area contributed by atoms with E-state index in [0.29, 0.717) is 12.0 Å². The summed E-state index contributed by atoms with van der Waals surface area (Å²) in [5.74, 6) is 2.53. The fourth-order valence-corrected chi connectivity index (χ4v) is 4.47. The van der Waals surface area contributed by atoms with Crippen LogP contribution >= 0.6 is 24.0 Å². The zero-order valence-corrected chi connectivity index (χ0v) is 19.5. The topological polar surface area (TPSA) is 72.4 Å². The SMILES string of the molecule is CN=C(NCC1CCCN1Cc1ccccc1)N1CCC(c2ncn[nH]2)CC1.I. The summed E-state index contributed by atoms with van der Waals surface area (Å²) >= 11 is 0. The van der Waals surface area contributed by atoms with Gasteiger partial charge in [0.1, 0.15) is 12.2 Å². The van der Waals surface area contributed by atoms with Gasteiger partial charge < -0.3 is 10.2 Å². The van der Waals surface area contributed by atoms with Gasteiger partial charge in [-0.05, 0) is 37.8 Å². The molecular weight excluding hydrogens is 477 g/mol. The molecule has 0 bridgehead atoms. The van der Waals surface area contributed by atoms with Crippen molar-refractivity contribution in [2.75, 3.05) is 33.2 Å². The minimum Gasteiger partial charge on any atom is -0.355 e. The molecule has 2 aliphatic rings. The first kappa shape index (κ1) is 22.0. The Morgan fingerprint density at radius 2 is 1.97 bits per heavy atom. The molecule has 3 heterocycles. The molecule has 0 spiro atoms. The number of hydrogen-bond donors (Lipinski definition) is 2. The fraction of sp³-hybridized carbons (Fsp3) is 0.571. The van der Waals surface area contributed by atoms with Gasteiger partial charge in [-0.3, -0.25) is 15.0 Å². The van der Waals surface area contributed by atoms with Gasteiger partial charge in [0.2, 0.25) is 0 Å². The molecule has 1 aromatic heterocycles. The summed E-state index contributed by atoms with van der Waals surface area (Å²) in [5.41, 5.74) is 1.40. The average Bonchev–Trinajstić information content (AvgIpc) is 3.42. The molecular formula is C21H32IN7. The Morgan fingerprint density at radius 3 is 2.66 bits per heavy atom. The van der Waals surface area contributed by atoms with E-state index in [1.807, 2.05) is 7.05 Å². The van der Waals surface area contributed by atoms with Crippen LogP contribution in [0.2, 0.25) is 0 Å². The Morgan fingerprint density at radius 1 is 1.17 bits per heavy atom. The molecule has 0 aliphatic carbocycles. The third kappa shape index (κ3) is 5.69. The molecule has 4 rings (SSSR count). The minimum atomic E-state index is 0. The van der Waals surface area contributed by atoms with Gasteiger partial charge in [0.25, 0.3) is 0 Å². The quantitative estimate of drug-likeness (QED) is 0.369. The number of likely N-dealkylation sites (tertiary alicyclic amines) is 2. The van der Waals surface area contributed by atoms with Crippen molar-refractivity contribution < 1.29 is 0 Å². The Balaban J connectivity index is 0.00000240. The second-order valence-electron chi connectivity index (χ2n) is 7.81. The van der Waals surface area contributed by atoms with Crippen molar-refractivity contribution in [2.45, 2.75) is 44.2 Å². The highest BCUT2D eigenvalue weighted by atomic mass is 127. The smallest absolute Gasteiger partial charge is 0.193 e. The zero-order chi connectivity index (χ0) is 19.2. The van der Waals surface area contributed by atoms with E-state index in [0.717, 1.165) is 50.8 Å². The van der Waals surface area contributed by atoms with Crippen molar-refractivity contribution in [2.24, 2.45) is 4.99 Å². The lowest BCUT2D eigenvalue weighted by Crippen LogP contribution is -2.48.